The first-order valence-corrected chi connectivity index (χ1v) is 7.46. The van der Waals surface area contributed by atoms with Crippen molar-refractivity contribution in [2.75, 3.05) is 27.7 Å². The van der Waals surface area contributed by atoms with Crippen molar-refractivity contribution >= 4 is 27.7 Å². The summed E-state index contributed by atoms with van der Waals surface area (Å²) >= 11 is 4.79. The van der Waals surface area contributed by atoms with E-state index in [0.717, 1.165) is 29.0 Å². The Morgan fingerprint density at radius 2 is 2.26 bits per heavy atom. The number of rotatable bonds is 6. The van der Waals surface area contributed by atoms with Gasteiger partial charge in [-0.15, -0.1) is 0 Å². The highest BCUT2D eigenvalue weighted by atomic mass is 79.9. The van der Waals surface area contributed by atoms with E-state index < -0.39 is 0 Å². The van der Waals surface area contributed by atoms with Gasteiger partial charge >= 0.3 is 0 Å². The summed E-state index contributed by atoms with van der Waals surface area (Å²) in [5, 5.41) is 7.70. The van der Waals surface area contributed by atoms with Crippen molar-refractivity contribution in [1.29, 1.82) is 0 Å². The maximum atomic E-state index is 4.42. The third-order valence-electron chi connectivity index (χ3n) is 2.83. The maximum Gasteiger partial charge on any atom is 0.0973 e. The Labute approximate surface area is 125 Å². The molecule has 0 aliphatic heterocycles. The molecule has 6 nitrogen and oxygen atoms in total. The lowest BCUT2D eigenvalue weighted by Crippen LogP contribution is -2.25. The van der Waals surface area contributed by atoms with Crippen LogP contribution < -0.4 is 5.32 Å². The number of hydrogen-bond acceptors (Lipinski definition) is 6. The molecule has 2 rings (SSSR count). The molecule has 0 radical (unpaired) electrons. The lowest BCUT2D eigenvalue weighted by Gasteiger charge is -2.18. The van der Waals surface area contributed by atoms with Crippen LogP contribution >= 0.6 is 27.7 Å². The largest absolute Gasteiger partial charge is 0.308 e. The van der Waals surface area contributed by atoms with Gasteiger partial charge in [-0.25, -0.2) is 0 Å². The minimum Gasteiger partial charge on any atom is -0.308 e. The van der Waals surface area contributed by atoms with Crippen molar-refractivity contribution in [2.24, 2.45) is 0 Å². The topological polar surface area (TPSA) is 58.9 Å². The highest BCUT2D eigenvalue weighted by molar-refractivity contribution is 9.10. The summed E-state index contributed by atoms with van der Waals surface area (Å²) in [5.74, 6) is 0. The monoisotopic (exact) mass is 344 g/mol. The molecular weight excluding hydrogens is 328 g/mol. The molecule has 0 bridgehead atoms. The molecule has 0 amide bonds. The molecule has 0 saturated heterocycles. The quantitative estimate of drug-likeness (QED) is 0.857. The van der Waals surface area contributed by atoms with Gasteiger partial charge in [0.15, 0.2) is 0 Å². The first-order valence-electron chi connectivity index (χ1n) is 5.94. The van der Waals surface area contributed by atoms with Crippen LogP contribution in [0.3, 0.4) is 0 Å². The molecule has 2 aromatic rings. The zero-order chi connectivity index (χ0) is 13.8. The number of aromatic nitrogens is 4. The van der Waals surface area contributed by atoms with Crippen molar-refractivity contribution in [2.45, 2.75) is 12.6 Å². The Balaban J connectivity index is 2.29. The first kappa shape index (κ1) is 14.6. The molecule has 8 heteroatoms. The molecule has 2 aromatic heterocycles. The van der Waals surface area contributed by atoms with Crippen molar-refractivity contribution < 1.29 is 0 Å². The molecule has 1 unspecified atom stereocenters. The summed E-state index contributed by atoms with van der Waals surface area (Å²) in [5.41, 5.74) is 2.00. The van der Waals surface area contributed by atoms with Crippen LogP contribution in [0, 0.1) is 0 Å². The van der Waals surface area contributed by atoms with E-state index >= 15 is 0 Å². The second-order valence-electron chi connectivity index (χ2n) is 4.46. The van der Waals surface area contributed by atoms with Gasteiger partial charge in [0.1, 0.15) is 0 Å². The van der Waals surface area contributed by atoms with E-state index in [2.05, 4.69) is 54.1 Å². The maximum absolute atomic E-state index is 4.42. The summed E-state index contributed by atoms with van der Waals surface area (Å²) in [6, 6.07) is -0.00205. The molecule has 0 fully saturated rings. The van der Waals surface area contributed by atoms with E-state index in [1.165, 1.54) is 11.7 Å². The van der Waals surface area contributed by atoms with Gasteiger partial charge in [0.2, 0.25) is 0 Å². The molecular formula is C11H17BrN6S. The van der Waals surface area contributed by atoms with Gasteiger partial charge in [0.05, 0.1) is 52.6 Å². The molecule has 2 heterocycles. The van der Waals surface area contributed by atoms with Crippen molar-refractivity contribution in [3.8, 4) is 0 Å². The SMILES string of the molecule is CNC(c1cnsn1)c1c(Br)cnn1CCN(C)C. The van der Waals surface area contributed by atoms with Gasteiger partial charge in [0.25, 0.3) is 0 Å². The van der Waals surface area contributed by atoms with Crippen LogP contribution in [0.15, 0.2) is 16.9 Å². The fourth-order valence-corrected chi connectivity index (χ4v) is 2.83. The average molecular weight is 345 g/mol. The van der Waals surface area contributed by atoms with Gasteiger partial charge in [-0.2, -0.15) is 13.8 Å². The normalized spacial score (nSPS) is 13.1. The fourth-order valence-electron chi connectivity index (χ4n) is 1.86. The standard InChI is InChI=1S/C11H17BrN6S/c1-13-10(9-7-15-19-16-9)11-8(12)6-14-18(11)5-4-17(2)3/h6-7,10,13H,4-5H2,1-3H3. The smallest absolute Gasteiger partial charge is 0.0973 e. The number of nitrogens with one attached hydrogen (secondary N) is 1. The van der Waals surface area contributed by atoms with E-state index in [-0.39, 0.29) is 6.04 Å². The number of nitrogens with zero attached hydrogens (tertiary/aromatic N) is 5. The summed E-state index contributed by atoms with van der Waals surface area (Å²) in [6.07, 6.45) is 3.62. The second kappa shape index (κ2) is 6.56. The molecule has 1 N–H and O–H groups in total. The minimum absolute atomic E-state index is 0.00205. The highest BCUT2D eigenvalue weighted by Gasteiger charge is 2.22. The number of halogens is 1. The number of likely N-dealkylation sites (N-methyl/N-ethyl adjacent to an activating group) is 1. The minimum atomic E-state index is -0.00205. The van der Waals surface area contributed by atoms with Crippen LogP contribution in [0.4, 0.5) is 0 Å². The summed E-state index contributed by atoms with van der Waals surface area (Å²) in [7, 11) is 6.02. The third-order valence-corrected chi connectivity index (χ3v) is 3.93. The molecule has 1 atom stereocenters. The van der Waals surface area contributed by atoms with Crippen molar-refractivity contribution in [1.82, 2.24) is 28.7 Å². The Kier molecular flexibility index (Phi) is 5.03. The Morgan fingerprint density at radius 1 is 1.47 bits per heavy atom. The molecule has 19 heavy (non-hydrogen) atoms. The Hall–Kier alpha value is -0.830. The molecule has 0 aliphatic carbocycles. The van der Waals surface area contributed by atoms with Crippen LogP contribution in [0.25, 0.3) is 0 Å². The zero-order valence-electron chi connectivity index (χ0n) is 11.2. The molecule has 0 spiro atoms. The first-order chi connectivity index (χ1) is 9.13. The molecule has 0 aliphatic rings. The van der Waals surface area contributed by atoms with Gasteiger partial charge in [-0.1, -0.05) is 0 Å². The second-order valence-corrected chi connectivity index (χ2v) is 5.87. The van der Waals surface area contributed by atoms with Gasteiger partial charge in [-0.05, 0) is 37.1 Å². The molecule has 0 aromatic carbocycles. The third kappa shape index (κ3) is 3.38. The van der Waals surface area contributed by atoms with E-state index in [1.54, 1.807) is 6.20 Å². The Bertz CT molecular complexity index is 509. The summed E-state index contributed by atoms with van der Waals surface area (Å²) in [4.78, 5) is 2.14. The van der Waals surface area contributed by atoms with Crippen LogP contribution in [-0.2, 0) is 6.54 Å². The van der Waals surface area contributed by atoms with Crippen LogP contribution in [0.2, 0.25) is 0 Å². The van der Waals surface area contributed by atoms with Gasteiger partial charge in [-0.3, -0.25) is 4.68 Å². The van der Waals surface area contributed by atoms with Crippen LogP contribution in [0.1, 0.15) is 17.4 Å². The van der Waals surface area contributed by atoms with E-state index in [4.69, 9.17) is 0 Å². The lowest BCUT2D eigenvalue weighted by atomic mass is 10.1. The predicted octanol–water partition coefficient (Wildman–Crippen LogP) is 1.37. The van der Waals surface area contributed by atoms with Crippen molar-refractivity contribution in [3.05, 3.63) is 28.3 Å². The fraction of sp³-hybridized carbons (Fsp3) is 0.545. The van der Waals surface area contributed by atoms with Crippen LogP contribution in [0.5, 0.6) is 0 Å². The van der Waals surface area contributed by atoms with E-state index in [1.807, 2.05) is 17.9 Å². The molecule has 0 saturated carbocycles. The van der Waals surface area contributed by atoms with Crippen LogP contribution in [-0.4, -0.2) is 51.1 Å². The highest BCUT2D eigenvalue weighted by Crippen LogP contribution is 2.27. The Morgan fingerprint density at radius 3 is 2.84 bits per heavy atom. The lowest BCUT2D eigenvalue weighted by molar-refractivity contribution is 0.366. The zero-order valence-corrected chi connectivity index (χ0v) is 13.6. The molecule has 104 valence electrons. The van der Waals surface area contributed by atoms with E-state index in [0.29, 0.717) is 0 Å². The van der Waals surface area contributed by atoms with Gasteiger partial charge in [0, 0.05) is 6.54 Å². The van der Waals surface area contributed by atoms with E-state index in [9.17, 15) is 0 Å². The van der Waals surface area contributed by atoms with Gasteiger partial charge < -0.3 is 10.2 Å². The van der Waals surface area contributed by atoms with Crippen molar-refractivity contribution in [3.63, 3.8) is 0 Å². The average Bonchev–Trinajstić information content (AvgIpc) is 3.00. The predicted molar refractivity (Wildman–Crippen MR) is 79.3 cm³/mol. The summed E-state index contributed by atoms with van der Waals surface area (Å²) < 4.78 is 11.4. The summed E-state index contributed by atoms with van der Waals surface area (Å²) in [6.45, 7) is 1.77. The number of hydrogen-bond donors (Lipinski definition) is 1.